The van der Waals surface area contributed by atoms with Gasteiger partial charge in [-0.25, -0.2) is 9.18 Å². The third-order valence-electron chi connectivity index (χ3n) is 12.5. The molecule has 2 unspecified atom stereocenters. The van der Waals surface area contributed by atoms with E-state index in [-0.39, 0.29) is 48.6 Å². The van der Waals surface area contributed by atoms with Gasteiger partial charge in [0.25, 0.3) is 5.56 Å². The van der Waals surface area contributed by atoms with Crippen LogP contribution in [0.2, 0.25) is 0 Å². The molecule has 9 rings (SSSR count). The molecular weight excluding hydrogens is 756 g/mol. The SMILES string of the molecule is COc1ccc(Cn2c(-c3cc(O)cc4ccccc34)cc3nc(OC[C@@]45CCCN4C[C@H](F)C5)nc(N4CC5CCC(C4)N5C(=O)OC(C)(C)C)c3c2=O)c(OC)c1. The highest BCUT2D eigenvalue weighted by atomic mass is 19.1. The Morgan fingerprint density at radius 3 is 2.51 bits per heavy atom. The number of carbonyl (C=O) groups excluding carboxylic acids is 1. The van der Waals surface area contributed by atoms with E-state index >= 15 is 4.79 Å². The van der Waals surface area contributed by atoms with Gasteiger partial charge in [-0.15, -0.1) is 0 Å². The summed E-state index contributed by atoms with van der Waals surface area (Å²) in [6.45, 7) is 7.97. The number of hydrogen-bond acceptors (Lipinski definition) is 11. The molecule has 59 heavy (non-hydrogen) atoms. The number of carbonyl (C=O) groups is 1. The number of ether oxygens (including phenoxy) is 4. The molecular formula is C45H51FN6O7. The van der Waals surface area contributed by atoms with Gasteiger partial charge in [0.15, 0.2) is 0 Å². The molecule has 4 atom stereocenters. The lowest BCUT2D eigenvalue weighted by atomic mass is 9.95. The van der Waals surface area contributed by atoms with Crippen LogP contribution in [0.5, 0.6) is 23.3 Å². The van der Waals surface area contributed by atoms with Crippen LogP contribution in [0.4, 0.5) is 15.0 Å². The fourth-order valence-corrected chi connectivity index (χ4v) is 9.88. The van der Waals surface area contributed by atoms with Crippen LogP contribution in [-0.4, -0.2) is 112 Å². The second-order valence-corrected chi connectivity index (χ2v) is 17.4. The zero-order valence-corrected chi connectivity index (χ0v) is 34.2. The molecule has 1 amide bonds. The molecule has 4 aliphatic heterocycles. The Morgan fingerprint density at radius 2 is 1.76 bits per heavy atom. The van der Waals surface area contributed by atoms with Crippen LogP contribution in [0.15, 0.2) is 65.5 Å². The van der Waals surface area contributed by atoms with Crippen molar-refractivity contribution in [1.82, 2.24) is 24.3 Å². The average molecular weight is 807 g/mol. The highest BCUT2D eigenvalue weighted by Gasteiger charge is 2.50. The summed E-state index contributed by atoms with van der Waals surface area (Å²) in [5.41, 5.74) is 0.830. The summed E-state index contributed by atoms with van der Waals surface area (Å²) < 4.78 is 40.1. The van der Waals surface area contributed by atoms with E-state index in [2.05, 4.69) is 9.80 Å². The maximum Gasteiger partial charge on any atom is 0.410 e. The van der Waals surface area contributed by atoms with E-state index in [1.165, 1.54) is 0 Å². The van der Waals surface area contributed by atoms with E-state index in [1.807, 2.05) is 68.1 Å². The zero-order chi connectivity index (χ0) is 41.2. The summed E-state index contributed by atoms with van der Waals surface area (Å²) in [6.07, 6.45) is 2.46. The summed E-state index contributed by atoms with van der Waals surface area (Å²) in [7, 11) is 3.16. The van der Waals surface area contributed by atoms with Crippen molar-refractivity contribution in [1.29, 1.82) is 0 Å². The number of alkyl halides is 1. The molecule has 0 spiro atoms. The Morgan fingerprint density at radius 1 is 0.983 bits per heavy atom. The molecule has 4 aliphatic rings. The van der Waals surface area contributed by atoms with Crippen molar-refractivity contribution in [3.8, 4) is 34.5 Å². The first-order valence-corrected chi connectivity index (χ1v) is 20.5. The van der Waals surface area contributed by atoms with E-state index in [9.17, 15) is 14.3 Å². The van der Waals surface area contributed by atoms with Crippen molar-refractivity contribution < 1.29 is 33.2 Å². The van der Waals surface area contributed by atoms with E-state index in [1.54, 1.807) is 37.0 Å². The van der Waals surface area contributed by atoms with Gasteiger partial charge in [-0.1, -0.05) is 24.3 Å². The van der Waals surface area contributed by atoms with Gasteiger partial charge in [0, 0.05) is 43.2 Å². The summed E-state index contributed by atoms with van der Waals surface area (Å²) >= 11 is 0. The van der Waals surface area contributed by atoms with Crippen molar-refractivity contribution in [3.63, 3.8) is 0 Å². The lowest BCUT2D eigenvalue weighted by Crippen LogP contribution is -2.57. The normalized spacial score (nSPS) is 22.9. The largest absolute Gasteiger partial charge is 0.508 e. The molecule has 13 nitrogen and oxygen atoms in total. The van der Waals surface area contributed by atoms with Crippen molar-refractivity contribution in [2.75, 3.05) is 51.9 Å². The maximum atomic E-state index is 15.5. The number of nitrogens with zero attached hydrogens (tertiary/aromatic N) is 6. The third kappa shape index (κ3) is 7.14. The number of fused-ring (bicyclic) bond motifs is 5. The number of halogens is 1. The molecule has 14 heteroatoms. The molecule has 4 fully saturated rings. The average Bonchev–Trinajstić information content (AvgIpc) is 3.83. The number of benzene rings is 3. The minimum absolute atomic E-state index is 0.0497. The van der Waals surface area contributed by atoms with Gasteiger partial charge in [0.2, 0.25) is 0 Å². The Labute approximate surface area is 342 Å². The van der Waals surface area contributed by atoms with Gasteiger partial charge in [-0.3, -0.25) is 14.6 Å². The van der Waals surface area contributed by atoms with Crippen LogP contribution in [0.25, 0.3) is 32.9 Å². The summed E-state index contributed by atoms with van der Waals surface area (Å²) in [4.78, 5) is 45.0. The number of amides is 1. The Hall–Kier alpha value is -5.63. The van der Waals surface area contributed by atoms with Crippen LogP contribution in [0.1, 0.15) is 58.4 Å². The lowest BCUT2D eigenvalue weighted by Gasteiger charge is -2.42. The van der Waals surface area contributed by atoms with Gasteiger partial charge in [0.1, 0.15) is 46.8 Å². The molecule has 5 aromatic rings. The molecule has 310 valence electrons. The second-order valence-electron chi connectivity index (χ2n) is 17.4. The summed E-state index contributed by atoms with van der Waals surface area (Å²) in [5.74, 6) is 1.61. The molecule has 3 aromatic carbocycles. The Bertz CT molecular complexity index is 2490. The van der Waals surface area contributed by atoms with Gasteiger partial charge in [-0.05, 0) is 94.1 Å². The van der Waals surface area contributed by atoms with Crippen molar-refractivity contribution >= 4 is 33.6 Å². The van der Waals surface area contributed by atoms with Gasteiger partial charge < -0.3 is 33.5 Å². The molecule has 6 heterocycles. The molecule has 0 saturated carbocycles. The van der Waals surface area contributed by atoms with E-state index in [0.717, 1.165) is 48.6 Å². The number of aromatic nitrogens is 3. The number of phenolic OH excluding ortho intramolecular Hbond substituents is 1. The van der Waals surface area contributed by atoms with Crippen LogP contribution in [-0.2, 0) is 11.3 Å². The lowest BCUT2D eigenvalue weighted by molar-refractivity contribution is 0.0122. The number of phenols is 1. The second kappa shape index (κ2) is 14.9. The number of methoxy groups -OCH3 is 2. The number of hydrogen-bond donors (Lipinski definition) is 1. The predicted molar refractivity (Wildman–Crippen MR) is 223 cm³/mol. The molecule has 1 N–H and O–H groups in total. The first-order chi connectivity index (χ1) is 28.3. The monoisotopic (exact) mass is 806 g/mol. The molecule has 2 aromatic heterocycles. The molecule has 0 aliphatic carbocycles. The first kappa shape index (κ1) is 38.9. The maximum absolute atomic E-state index is 15.5. The van der Waals surface area contributed by atoms with Crippen LogP contribution in [0, 0.1) is 0 Å². The number of rotatable bonds is 9. The van der Waals surface area contributed by atoms with Gasteiger partial charge >= 0.3 is 12.1 Å². The first-order valence-electron chi connectivity index (χ1n) is 20.5. The predicted octanol–water partition coefficient (Wildman–Crippen LogP) is 6.93. The van der Waals surface area contributed by atoms with E-state index in [0.29, 0.717) is 65.5 Å². The van der Waals surface area contributed by atoms with Crippen LogP contribution in [0.3, 0.4) is 0 Å². The highest BCUT2D eigenvalue weighted by Crippen LogP contribution is 2.42. The smallest absolute Gasteiger partial charge is 0.410 e. The molecule has 4 saturated heterocycles. The standard InChI is InChI=1S/C45H51FN6O7/c1-44(2,3)59-43(55)52-30-12-13-31(52)25-49(24-30)40-39-36(47-42(48-40)58-26-45-15-8-16-50(45)23-29(46)21-45)20-37(35-18-32(53)17-27-9-6-7-10-34(27)35)51(41(39)54)22-28-11-14-33(56-4)19-38(28)57-5/h6-7,9-11,14,17-20,29-31,53H,8,12-13,15-16,21-26H2,1-5H3/t29-,30?,31?,45+/m1/s1. The van der Waals surface area contributed by atoms with Crippen LogP contribution >= 0.6 is 0 Å². The number of aromatic hydroxyl groups is 1. The third-order valence-corrected chi connectivity index (χ3v) is 12.5. The Balaban J connectivity index is 1.22. The molecule has 2 bridgehead atoms. The number of anilines is 1. The fraction of sp³-hybridized carbons (Fsp3) is 0.467. The number of piperazine rings is 1. The molecule has 0 radical (unpaired) electrons. The van der Waals surface area contributed by atoms with Gasteiger partial charge in [-0.2, -0.15) is 9.97 Å². The van der Waals surface area contributed by atoms with Gasteiger partial charge in [0.05, 0.1) is 49.6 Å². The summed E-state index contributed by atoms with van der Waals surface area (Å²) in [5, 5.41) is 13.0. The van der Waals surface area contributed by atoms with Crippen molar-refractivity contribution in [3.05, 3.63) is 76.6 Å². The van der Waals surface area contributed by atoms with Crippen molar-refractivity contribution in [2.45, 2.75) is 88.8 Å². The topological polar surface area (TPSA) is 132 Å². The summed E-state index contributed by atoms with van der Waals surface area (Å²) in [6, 6.07) is 18.2. The minimum atomic E-state index is -0.925. The van der Waals surface area contributed by atoms with E-state index < -0.39 is 17.3 Å². The zero-order valence-electron chi connectivity index (χ0n) is 34.2. The van der Waals surface area contributed by atoms with E-state index in [4.69, 9.17) is 28.9 Å². The van der Waals surface area contributed by atoms with Crippen LogP contribution < -0.4 is 24.7 Å². The van der Waals surface area contributed by atoms with Crippen molar-refractivity contribution in [2.24, 2.45) is 0 Å². The fourth-order valence-electron chi connectivity index (χ4n) is 9.88. The number of pyridine rings is 1. The minimum Gasteiger partial charge on any atom is -0.508 e. The quantitative estimate of drug-likeness (QED) is 0.167. The Kier molecular flexibility index (Phi) is 9.80. The highest BCUT2D eigenvalue weighted by molar-refractivity contribution is 6.00.